The minimum absolute atomic E-state index is 0.00639. The lowest BCUT2D eigenvalue weighted by molar-refractivity contribution is -0.125. The van der Waals surface area contributed by atoms with Gasteiger partial charge in [-0.3, -0.25) is 9.59 Å². The van der Waals surface area contributed by atoms with Crippen LogP contribution in [0.5, 0.6) is 0 Å². The molecule has 0 radical (unpaired) electrons. The minimum atomic E-state index is -1.33. The number of ketones is 1. The normalized spacial score (nSPS) is 17.5. The van der Waals surface area contributed by atoms with E-state index in [4.69, 9.17) is 4.99 Å². The highest BCUT2D eigenvalue weighted by atomic mass is 16.4. The molecule has 1 atom stereocenters. The van der Waals surface area contributed by atoms with Gasteiger partial charge >= 0.3 is 12.0 Å². The second-order valence-electron chi connectivity index (χ2n) is 10.3. The zero-order chi connectivity index (χ0) is 28.8. The number of amides is 3. The lowest BCUT2D eigenvalue weighted by Crippen LogP contribution is -2.50. The van der Waals surface area contributed by atoms with Crippen molar-refractivity contribution in [3.05, 3.63) is 95.6 Å². The molecule has 0 spiro atoms. The monoisotopic (exact) mass is 552 g/mol. The van der Waals surface area contributed by atoms with E-state index in [0.29, 0.717) is 17.0 Å². The number of carboxylic acids is 1. The van der Waals surface area contributed by atoms with E-state index in [9.17, 15) is 24.3 Å². The number of aromatic carboxylic acids is 1. The van der Waals surface area contributed by atoms with Gasteiger partial charge in [0.1, 0.15) is 0 Å². The number of carbonyl (C=O) groups is 4. The van der Waals surface area contributed by atoms with Gasteiger partial charge in [-0.1, -0.05) is 80.3 Å². The van der Waals surface area contributed by atoms with Crippen LogP contribution in [-0.2, 0) is 9.59 Å². The standard InChI is InChI=1S/C32H32N4O5/c37-27(21-11-4-1-2-5-12-21)20-36-26-18-9-8-17-25(26)28(22-13-6-3-7-14-22)34-29(30(36)38)35-32(41)33-24-16-10-15-23(19-24)31(39)40/h3,6-10,13-19,21,29H,1-2,4-5,11-12,20H2,(H,39,40)(H2,33,35,41). The van der Waals surface area contributed by atoms with Crippen LogP contribution in [0, 0.1) is 5.92 Å². The first-order chi connectivity index (χ1) is 19.9. The van der Waals surface area contributed by atoms with Crippen molar-refractivity contribution in [2.45, 2.75) is 44.7 Å². The Morgan fingerprint density at radius 3 is 2.32 bits per heavy atom. The Kier molecular flexibility index (Phi) is 8.53. The van der Waals surface area contributed by atoms with Gasteiger partial charge < -0.3 is 20.6 Å². The summed E-state index contributed by atoms with van der Waals surface area (Å²) in [5.74, 6) is -1.75. The Labute approximate surface area is 238 Å². The summed E-state index contributed by atoms with van der Waals surface area (Å²) in [6.07, 6.45) is 4.51. The average molecular weight is 553 g/mol. The topological polar surface area (TPSA) is 128 Å². The van der Waals surface area contributed by atoms with Crippen LogP contribution < -0.4 is 15.5 Å². The summed E-state index contributed by atoms with van der Waals surface area (Å²) in [6, 6.07) is 21.7. The number of aliphatic imine (C=N–C) groups is 1. The van der Waals surface area contributed by atoms with Crippen LogP contribution in [0.1, 0.15) is 60.0 Å². The summed E-state index contributed by atoms with van der Waals surface area (Å²) in [4.78, 5) is 58.2. The minimum Gasteiger partial charge on any atom is -0.478 e. The first-order valence-corrected chi connectivity index (χ1v) is 13.9. The predicted octanol–water partition coefficient (Wildman–Crippen LogP) is 5.26. The quantitative estimate of drug-likeness (QED) is 0.345. The number of carboxylic acid groups (broad SMARTS) is 1. The highest BCUT2D eigenvalue weighted by Gasteiger charge is 2.35. The Morgan fingerprint density at radius 1 is 0.878 bits per heavy atom. The second-order valence-corrected chi connectivity index (χ2v) is 10.3. The molecule has 210 valence electrons. The van der Waals surface area contributed by atoms with Gasteiger partial charge in [-0.15, -0.1) is 0 Å². The van der Waals surface area contributed by atoms with Gasteiger partial charge in [-0.2, -0.15) is 0 Å². The summed E-state index contributed by atoms with van der Waals surface area (Å²) in [7, 11) is 0. The molecule has 3 amide bonds. The molecule has 3 aromatic carbocycles. The van der Waals surface area contributed by atoms with Crippen molar-refractivity contribution in [3.63, 3.8) is 0 Å². The molecule has 9 heteroatoms. The Balaban J connectivity index is 1.48. The maximum atomic E-state index is 14.0. The third-order valence-corrected chi connectivity index (χ3v) is 7.52. The van der Waals surface area contributed by atoms with Crippen LogP contribution >= 0.6 is 0 Å². The number of fused-ring (bicyclic) bond motifs is 1. The van der Waals surface area contributed by atoms with Crippen LogP contribution in [0.2, 0.25) is 0 Å². The zero-order valence-electron chi connectivity index (χ0n) is 22.6. The van der Waals surface area contributed by atoms with E-state index >= 15 is 0 Å². The molecule has 1 aliphatic heterocycles. The highest BCUT2D eigenvalue weighted by molar-refractivity contribution is 6.21. The van der Waals surface area contributed by atoms with Crippen molar-refractivity contribution in [1.82, 2.24) is 5.32 Å². The number of Topliss-reactive ketones (excluding diaryl/α,β-unsaturated/α-hetero) is 1. The lowest BCUT2D eigenvalue weighted by atomic mass is 9.94. The number of benzodiazepines with no additional fused rings is 1. The lowest BCUT2D eigenvalue weighted by Gasteiger charge is -2.26. The van der Waals surface area contributed by atoms with Gasteiger partial charge in [0.25, 0.3) is 5.91 Å². The first kappa shape index (κ1) is 27.8. The van der Waals surface area contributed by atoms with Gasteiger partial charge in [-0.25, -0.2) is 14.6 Å². The van der Waals surface area contributed by atoms with E-state index in [-0.39, 0.29) is 29.5 Å². The number of nitrogens with zero attached hydrogens (tertiary/aromatic N) is 2. The highest BCUT2D eigenvalue weighted by Crippen LogP contribution is 2.30. The largest absolute Gasteiger partial charge is 0.478 e. The number of nitrogens with one attached hydrogen (secondary N) is 2. The van der Waals surface area contributed by atoms with Gasteiger partial charge in [0, 0.05) is 22.7 Å². The number of anilines is 2. The summed E-state index contributed by atoms with van der Waals surface area (Å²) in [5.41, 5.74) is 2.76. The fourth-order valence-corrected chi connectivity index (χ4v) is 5.42. The summed E-state index contributed by atoms with van der Waals surface area (Å²) >= 11 is 0. The molecular weight excluding hydrogens is 520 g/mol. The smallest absolute Gasteiger partial charge is 0.335 e. The molecule has 5 rings (SSSR count). The third kappa shape index (κ3) is 6.51. The number of carbonyl (C=O) groups excluding carboxylic acids is 3. The van der Waals surface area contributed by atoms with Crippen molar-refractivity contribution in [3.8, 4) is 0 Å². The predicted molar refractivity (Wildman–Crippen MR) is 156 cm³/mol. The fraction of sp³-hybridized carbons (Fsp3) is 0.281. The van der Waals surface area contributed by atoms with E-state index in [0.717, 1.165) is 44.1 Å². The molecule has 3 aromatic rings. The van der Waals surface area contributed by atoms with Crippen molar-refractivity contribution in [1.29, 1.82) is 0 Å². The maximum absolute atomic E-state index is 14.0. The van der Waals surface area contributed by atoms with Gasteiger partial charge in [0.15, 0.2) is 5.78 Å². The number of rotatable bonds is 7. The molecule has 9 nitrogen and oxygen atoms in total. The molecule has 0 saturated heterocycles. The maximum Gasteiger partial charge on any atom is 0.335 e. The Bertz CT molecular complexity index is 1480. The summed E-state index contributed by atoms with van der Waals surface area (Å²) in [6.45, 7) is -0.113. The summed E-state index contributed by atoms with van der Waals surface area (Å²) in [5, 5.41) is 14.5. The van der Waals surface area contributed by atoms with Crippen LogP contribution in [-0.4, -0.2) is 47.2 Å². The molecule has 0 bridgehead atoms. The van der Waals surface area contributed by atoms with Gasteiger partial charge in [0.2, 0.25) is 6.17 Å². The summed E-state index contributed by atoms with van der Waals surface area (Å²) < 4.78 is 0. The first-order valence-electron chi connectivity index (χ1n) is 13.9. The molecule has 1 fully saturated rings. The molecule has 1 unspecified atom stereocenters. The van der Waals surface area contributed by atoms with Crippen molar-refractivity contribution >= 4 is 40.8 Å². The van der Waals surface area contributed by atoms with Crippen LogP contribution in [0.4, 0.5) is 16.2 Å². The van der Waals surface area contributed by atoms with E-state index in [1.807, 2.05) is 48.5 Å². The molecule has 1 aliphatic carbocycles. The average Bonchev–Trinajstić information content (AvgIpc) is 3.33. The molecule has 1 heterocycles. The van der Waals surface area contributed by atoms with E-state index < -0.39 is 24.1 Å². The number of para-hydroxylation sites is 1. The van der Waals surface area contributed by atoms with Crippen molar-refractivity contribution in [2.24, 2.45) is 10.9 Å². The molecule has 0 aromatic heterocycles. The van der Waals surface area contributed by atoms with Gasteiger partial charge in [-0.05, 0) is 37.1 Å². The van der Waals surface area contributed by atoms with Crippen molar-refractivity contribution in [2.75, 3.05) is 16.8 Å². The number of hydrogen-bond donors (Lipinski definition) is 3. The van der Waals surface area contributed by atoms with Crippen LogP contribution in [0.15, 0.2) is 83.9 Å². The molecule has 3 N–H and O–H groups in total. The van der Waals surface area contributed by atoms with Crippen LogP contribution in [0.3, 0.4) is 0 Å². The molecule has 1 saturated carbocycles. The zero-order valence-corrected chi connectivity index (χ0v) is 22.6. The number of hydrogen-bond acceptors (Lipinski definition) is 5. The third-order valence-electron chi connectivity index (χ3n) is 7.52. The molecular formula is C32H32N4O5. The number of benzene rings is 3. The Morgan fingerprint density at radius 2 is 1.59 bits per heavy atom. The van der Waals surface area contributed by atoms with Gasteiger partial charge in [0.05, 0.1) is 23.5 Å². The van der Waals surface area contributed by atoms with Crippen molar-refractivity contribution < 1.29 is 24.3 Å². The second kappa shape index (κ2) is 12.6. The Hall–Kier alpha value is -4.79. The van der Waals surface area contributed by atoms with E-state index in [2.05, 4.69) is 10.6 Å². The van der Waals surface area contributed by atoms with E-state index in [1.165, 1.54) is 23.1 Å². The van der Waals surface area contributed by atoms with Crippen LogP contribution in [0.25, 0.3) is 0 Å². The SMILES string of the molecule is O=C(Nc1cccc(C(=O)O)c1)NC1N=C(c2ccccc2)c2ccccc2N(CC(=O)C2CCCCCC2)C1=O. The number of urea groups is 1. The fourth-order valence-electron chi connectivity index (χ4n) is 5.42. The molecule has 41 heavy (non-hydrogen) atoms. The molecule has 2 aliphatic rings. The van der Waals surface area contributed by atoms with E-state index in [1.54, 1.807) is 12.1 Å².